The van der Waals surface area contributed by atoms with E-state index in [-0.39, 0.29) is 18.0 Å². The molecule has 0 atom stereocenters. The molecule has 20 heavy (non-hydrogen) atoms. The molecule has 5 nitrogen and oxygen atoms in total. The molecule has 3 rings (SSSR count). The van der Waals surface area contributed by atoms with E-state index in [1.807, 2.05) is 0 Å². The third-order valence-electron chi connectivity index (χ3n) is 2.81. The van der Waals surface area contributed by atoms with Crippen molar-refractivity contribution in [3.63, 3.8) is 0 Å². The number of ether oxygens (including phenoxy) is 1. The Balaban J connectivity index is 1.90. The average molecular weight is 271 g/mol. The van der Waals surface area contributed by atoms with Crippen LogP contribution in [0.25, 0.3) is 10.9 Å². The first-order valence-electron chi connectivity index (χ1n) is 5.95. The minimum absolute atomic E-state index is 0.0642. The molecule has 0 unspecified atom stereocenters. The van der Waals surface area contributed by atoms with Crippen molar-refractivity contribution in [2.24, 2.45) is 0 Å². The molecule has 3 aromatic rings. The lowest BCUT2D eigenvalue weighted by Crippen LogP contribution is -2.26. The van der Waals surface area contributed by atoms with Crippen molar-refractivity contribution >= 4 is 10.9 Å². The number of hydrogen-bond donors (Lipinski definition) is 0. The zero-order valence-electron chi connectivity index (χ0n) is 10.4. The van der Waals surface area contributed by atoms with Crippen LogP contribution in [0.15, 0.2) is 53.3 Å². The van der Waals surface area contributed by atoms with E-state index in [0.29, 0.717) is 10.9 Å². The number of fused-ring (bicyclic) bond motifs is 1. The minimum Gasteiger partial charge on any atom is -0.468 e. The first kappa shape index (κ1) is 12.3. The maximum absolute atomic E-state index is 13.4. The van der Waals surface area contributed by atoms with Gasteiger partial charge < -0.3 is 4.74 Å². The number of nitrogens with zero attached hydrogens (tertiary/aromatic N) is 3. The summed E-state index contributed by atoms with van der Waals surface area (Å²) in [5.74, 6) is -0.427. The molecule has 1 aromatic heterocycles. The maximum atomic E-state index is 13.4. The quantitative estimate of drug-likeness (QED) is 0.730. The molecular weight excluding hydrogens is 261 g/mol. The predicted octanol–water partition coefficient (Wildman–Crippen LogP) is 1.97. The number of aromatic nitrogens is 3. The second-order valence-corrected chi connectivity index (χ2v) is 4.12. The van der Waals surface area contributed by atoms with Gasteiger partial charge in [-0.1, -0.05) is 29.5 Å². The van der Waals surface area contributed by atoms with Gasteiger partial charge in [0.25, 0.3) is 5.56 Å². The Morgan fingerprint density at radius 2 is 1.85 bits per heavy atom. The fraction of sp³-hybridized carbons (Fsp3) is 0.0714. The van der Waals surface area contributed by atoms with E-state index in [9.17, 15) is 9.18 Å². The Morgan fingerprint density at radius 3 is 2.70 bits per heavy atom. The highest BCUT2D eigenvalue weighted by atomic mass is 19.1. The summed E-state index contributed by atoms with van der Waals surface area (Å²) in [6.45, 7) is -0.197. The Kier molecular flexibility index (Phi) is 3.12. The van der Waals surface area contributed by atoms with Gasteiger partial charge in [-0.15, -0.1) is 5.10 Å². The van der Waals surface area contributed by atoms with E-state index in [2.05, 4.69) is 10.3 Å². The molecular formula is C14H10FN3O2. The van der Waals surface area contributed by atoms with Crippen LogP contribution in [0, 0.1) is 5.82 Å². The van der Waals surface area contributed by atoms with Gasteiger partial charge in [-0.25, -0.2) is 4.39 Å². The van der Waals surface area contributed by atoms with E-state index < -0.39 is 5.82 Å². The molecule has 0 saturated carbocycles. The van der Waals surface area contributed by atoms with Crippen molar-refractivity contribution in [1.29, 1.82) is 0 Å². The lowest BCUT2D eigenvalue weighted by atomic mass is 10.2. The molecule has 0 fully saturated rings. The molecule has 2 aromatic carbocycles. The minimum atomic E-state index is -0.491. The largest absolute Gasteiger partial charge is 0.468 e. The summed E-state index contributed by atoms with van der Waals surface area (Å²) in [4.78, 5) is 12.1. The van der Waals surface area contributed by atoms with Crippen LogP contribution in [-0.4, -0.2) is 15.0 Å². The molecule has 0 radical (unpaired) electrons. The van der Waals surface area contributed by atoms with Crippen LogP contribution >= 0.6 is 0 Å². The van der Waals surface area contributed by atoms with Crippen LogP contribution in [0.5, 0.6) is 5.75 Å². The van der Waals surface area contributed by atoms with Gasteiger partial charge >= 0.3 is 0 Å². The van der Waals surface area contributed by atoms with Crippen molar-refractivity contribution in [2.75, 3.05) is 0 Å². The average Bonchev–Trinajstić information content (AvgIpc) is 2.48. The fourth-order valence-corrected chi connectivity index (χ4v) is 1.80. The predicted molar refractivity (Wildman–Crippen MR) is 70.8 cm³/mol. The molecule has 0 saturated heterocycles. The van der Waals surface area contributed by atoms with Crippen molar-refractivity contribution in [2.45, 2.75) is 6.73 Å². The lowest BCUT2D eigenvalue weighted by Gasteiger charge is -2.08. The fourth-order valence-electron chi connectivity index (χ4n) is 1.80. The van der Waals surface area contributed by atoms with Crippen LogP contribution in [0.4, 0.5) is 4.39 Å². The van der Waals surface area contributed by atoms with Gasteiger partial charge in [0.2, 0.25) is 0 Å². The Morgan fingerprint density at radius 1 is 1.10 bits per heavy atom. The topological polar surface area (TPSA) is 57.0 Å². The van der Waals surface area contributed by atoms with E-state index in [1.54, 1.807) is 36.4 Å². The molecule has 0 aliphatic carbocycles. The first-order valence-corrected chi connectivity index (χ1v) is 5.95. The number of hydrogen-bond acceptors (Lipinski definition) is 4. The zero-order valence-corrected chi connectivity index (χ0v) is 10.4. The van der Waals surface area contributed by atoms with Crippen LogP contribution in [0.3, 0.4) is 0 Å². The summed E-state index contributed by atoms with van der Waals surface area (Å²) < 4.78 is 19.7. The smallest absolute Gasteiger partial charge is 0.280 e. The van der Waals surface area contributed by atoms with Crippen LogP contribution < -0.4 is 10.3 Å². The molecule has 0 N–H and O–H groups in total. The van der Waals surface area contributed by atoms with Crippen LogP contribution in [0.1, 0.15) is 0 Å². The molecule has 0 amide bonds. The highest BCUT2D eigenvalue weighted by molar-refractivity contribution is 5.76. The standard InChI is InChI=1S/C14H10FN3O2/c15-11-6-2-4-8-13(11)20-9-18-14(19)10-5-1-3-7-12(10)16-17-18/h1-8H,9H2. The van der Waals surface area contributed by atoms with Gasteiger partial charge in [-0.05, 0) is 24.3 Å². The second kappa shape index (κ2) is 5.08. The van der Waals surface area contributed by atoms with E-state index in [1.165, 1.54) is 12.1 Å². The molecule has 100 valence electrons. The van der Waals surface area contributed by atoms with E-state index in [0.717, 1.165) is 4.68 Å². The van der Waals surface area contributed by atoms with Gasteiger partial charge in [0, 0.05) is 0 Å². The Hall–Kier alpha value is -2.76. The summed E-state index contributed by atoms with van der Waals surface area (Å²) in [5.41, 5.74) is 0.187. The summed E-state index contributed by atoms with van der Waals surface area (Å²) >= 11 is 0. The van der Waals surface area contributed by atoms with Crippen molar-refractivity contribution < 1.29 is 9.13 Å². The van der Waals surface area contributed by atoms with Gasteiger partial charge in [0.05, 0.1) is 5.39 Å². The SMILES string of the molecule is O=c1c2ccccc2nnn1COc1ccccc1F. The number of rotatable bonds is 3. The van der Waals surface area contributed by atoms with E-state index >= 15 is 0 Å². The van der Waals surface area contributed by atoms with Gasteiger partial charge in [-0.3, -0.25) is 4.79 Å². The highest BCUT2D eigenvalue weighted by Crippen LogP contribution is 2.15. The molecule has 0 aliphatic heterocycles. The lowest BCUT2D eigenvalue weighted by molar-refractivity contribution is 0.202. The normalized spacial score (nSPS) is 10.7. The summed E-state index contributed by atoms with van der Waals surface area (Å²) in [6.07, 6.45) is 0. The summed E-state index contributed by atoms with van der Waals surface area (Å²) in [6, 6.07) is 12.8. The van der Waals surface area contributed by atoms with Crippen LogP contribution in [0.2, 0.25) is 0 Å². The maximum Gasteiger partial charge on any atom is 0.280 e. The van der Waals surface area contributed by atoms with Gasteiger partial charge in [-0.2, -0.15) is 4.68 Å². The summed E-state index contributed by atoms with van der Waals surface area (Å²) in [5, 5.41) is 8.12. The number of halogens is 1. The number of benzene rings is 2. The second-order valence-electron chi connectivity index (χ2n) is 4.12. The van der Waals surface area contributed by atoms with Gasteiger partial charge in [0.15, 0.2) is 18.3 Å². The van der Waals surface area contributed by atoms with Crippen LogP contribution in [-0.2, 0) is 6.73 Å². The van der Waals surface area contributed by atoms with Crippen molar-refractivity contribution in [3.05, 3.63) is 64.7 Å². The Labute approximate surface area is 113 Å². The molecule has 0 bridgehead atoms. The molecule has 1 heterocycles. The third-order valence-corrected chi connectivity index (χ3v) is 2.81. The first-order chi connectivity index (χ1) is 9.75. The number of para-hydroxylation sites is 1. The van der Waals surface area contributed by atoms with Crippen molar-refractivity contribution in [3.8, 4) is 5.75 Å². The van der Waals surface area contributed by atoms with Crippen molar-refractivity contribution in [1.82, 2.24) is 15.0 Å². The molecule has 0 aliphatic rings. The third kappa shape index (κ3) is 2.23. The van der Waals surface area contributed by atoms with Gasteiger partial charge in [0.1, 0.15) is 5.52 Å². The summed E-state index contributed by atoms with van der Waals surface area (Å²) in [7, 11) is 0. The highest BCUT2D eigenvalue weighted by Gasteiger charge is 2.06. The molecule has 6 heteroatoms. The monoisotopic (exact) mass is 271 g/mol. The Bertz CT molecular complexity index is 817. The zero-order chi connectivity index (χ0) is 13.9. The van der Waals surface area contributed by atoms with E-state index in [4.69, 9.17) is 4.74 Å². The molecule has 0 spiro atoms.